The Hall–Kier alpha value is -2.83. The first-order valence-corrected chi connectivity index (χ1v) is 7.93. The molecule has 1 aliphatic rings. The minimum Gasteiger partial charge on any atom is -0.335 e. The van der Waals surface area contributed by atoms with Crippen molar-refractivity contribution in [3.63, 3.8) is 0 Å². The van der Waals surface area contributed by atoms with Gasteiger partial charge in [-0.25, -0.2) is 4.79 Å². The number of nitrogens with zero attached hydrogens (tertiary/aromatic N) is 2. The van der Waals surface area contributed by atoms with Crippen molar-refractivity contribution in [1.29, 1.82) is 0 Å². The number of aromatic nitrogens is 2. The molecule has 126 valence electrons. The van der Waals surface area contributed by atoms with E-state index in [9.17, 15) is 9.59 Å². The molecule has 1 heterocycles. The number of anilines is 2. The third-order valence-corrected chi connectivity index (χ3v) is 4.05. The predicted molar refractivity (Wildman–Crippen MR) is 92.3 cm³/mol. The lowest BCUT2D eigenvalue weighted by atomic mass is 10.2. The molecule has 3 rings (SSSR count). The molecule has 0 spiro atoms. The summed E-state index contributed by atoms with van der Waals surface area (Å²) in [7, 11) is 1.81. The van der Waals surface area contributed by atoms with Gasteiger partial charge in [-0.15, -0.1) is 0 Å². The maximum Gasteiger partial charge on any atom is 0.319 e. The quantitative estimate of drug-likeness (QED) is 0.806. The van der Waals surface area contributed by atoms with Gasteiger partial charge in [0.05, 0.1) is 11.3 Å². The van der Waals surface area contributed by atoms with E-state index in [4.69, 9.17) is 0 Å². The summed E-state index contributed by atoms with van der Waals surface area (Å²) in [5.41, 5.74) is 3.45. The van der Waals surface area contributed by atoms with Crippen LogP contribution in [0.3, 0.4) is 0 Å². The van der Waals surface area contributed by atoms with Gasteiger partial charge in [0, 0.05) is 30.2 Å². The number of hydrogen-bond donors (Lipinski definition) is 3. The Morgan fingerprint density at radius 1 is 1.08 bits per heavy atom. The number of hydrogen-bond acceptors (Lipinski definition) is 3. The Labute approximate surface area is 140 Å². The molecule has 1 aromatic carbocycles. The molecule has 0 unspecified atom stereocenters. The molecule has 1 aromatic heterocycles. The zero-order valence-corrected chi connectivity index (χ0v) is 14.0. The molecular formula is C17H21N5O2. The lowest BCUT2D eigenvalue weighted by Gasteiger charge is -2.09. The lowest BCUT2D eigenvalue weighted by molar-refractivity contribution is 0.102. The Morgan fingerprint density at radius 3 is 2.17 bits per heavy atom. The Balaban J connectivity index is 1.63. The van der Waals surface area contributed by atoms with Gasteiger partial charge in [0.1, 0.15) is 0 Å². The Morgan fingerprint density at radius 2 is 1.67 bits per heavy atom. The molecule has 2 aromatic rings. The van der Waals surface area contributed by atoms with Crippen molar-refractivity contribution < 1.29 is 9.59 Å². The fourth-order valence-electron chi connectivity index (χ4n) is 2.51. The van der Waals surface area contributed by atoms with Crippen LogP contribution in [0, 0.1) is 13.8 Å². The molecule has 1 fully saturated rings. The van der Waals surface area contributed by atoms with Crippen molar-refractivity contribution in [1.82, 2.24) is 15.1 Å². The molecule has 24 heavy (non-hydrogen) atoms. The molecule has 0 bridgehead atoms. The van der Waals surface area contributed by atoms with E-state index >= 15 is 0 Å². The van der Waals surface area contributed by atoms with Crippen LogP contribution < -0.4 is 16.0 Å². The highest BCUT2D eigenvalue weighted by Crippen LogP contribution is 2.20. The lowest BCUT2D eigenvalue weighted by Crippen LogP contribution is -2.30. The topological polar surface area (TPSA) is 88.1 Å². The van der Waals surface area contributed by atoms with E-state index in [0.717, 1.165) is 18.5 Å². The first-order chi connectivity index (χ1) is 11.4. The summed E-state index contributed by atoms with van der Waals surface area (Å²) in [6, 6.07) is 7.14. The number of carbonyl (C=O) groups is 2. The molecule has 7 nitrogen and oxygen atoms in total. The number of benzene rings is 1. The summed E-state index contributed by atoms with van der Waals surface area (Å²) in [6.45, 7) is 3.67. The van der Waals surface area contributed by atoms with Gasteiger partial charge in [-0.05, 0) is 51.0 Å². The summed E-state index contributed by atoms with van der Waals surface area (Å²) in [5.74, 6) is -0.190. The van der Waals surface area contributed by atoms with Crippen LogP contribution in [0.4, 0.5) is 16.2 Å². The van der Waals surface area contributed by atoms with Gasteiger partial charge >= 0.3 is 6.03 Å². The predicted octanol–water partition coefficient (Wildman–Crippen LogP) is 2.57. The highest BCUT2D eigenvalue weighted by Gasteiger charge is 2.23. The highest BCUT2D eigenvalue weighted by molar-refractivity contribution is 6.06. The summed E-state index contributed by atoms with van der Waals surface area (Å²) < 4.78 is 1.69. The molecule has 3 N–H and O–H groups in total. The summed E-state index contributed by atoms with van der Waals surface area (Å²) in [5, 5.41) is 12.7. The van der Waals surface area contributed by atoms with E-state index in [1.807, 2.05) is 20.9 Å². The van der Waals surface area contributed by atoms with Crippen molar-refractivity contribution in [3.8, 4) is 0 Å². The van der Waals surface area contributed by atoms with Crippen LogP contribution in [0.15, 0.2) is 24.3 Å². The van der Waals surface area contributed by atoms with Gasteiger partial charge in [0.15, 0.2) is 0 Å². The molecule has 7 heteroatoms. The minimum absolute atomic E-state index is 0.190. The molecule has 1 saturated carbocycles. The Kier molecular flexibility index (Phi) is 4.24. The average molecular weight is 327 g/mol. The van der Waals surface area contributed by atoms with Crippen LogP contribution in [0.1, 0.15) is 34.6 Å². The molecule has 1 aliphatic carbocycles. The third kappa shape index (κ3) is 3.56. The molecule has 0 saturated heterocycles. The fraction of sp³-hybridized carbons (Fsp3) is 0.353. The van der Waals surface area contributed by atoms with E-state index in [0.29, 0.717) is 28.7 Å². The first-order valence-electron chi connectivity index (χ1n) is 7.93. The van der Waals surface area contributed by atoms with Crippen molar-refractivity contribution in [2.75, 3.05) is 10.6 Å². The third-order valence-electron chi connectivity index (χ3n) is 4.05. The average Bonchev–Trinajstić information content (AvgIpc) is 3.28. The number of amides is 3. The normalized spacial score (nSPS) is 13.5. The first kappa shape index (κ1) is 16.0. The molecular weight excluding hydrogens is 306 g/mol. The second-order valence-corrected chi connectivity index (χ2v) is 6.07. The maximum absolute atomic E-state index is 12.4. The van der Waals surface area contributed by atoms with Crippen molar-refractivity contribution >= 4 is 23.3 Å². The molecule has 3 amide bonds. The van der Waals surface area contributed by atoms with Gasteiger partial charge in [-0.2, -0.15) is 5.10 Å². The molecule has 0 atom stereocenters. The maximum atomic E-state index is 12.4. The van der Waals surface area contributed by atoms with Crippen LogP contribution in [0.5, 0.6) is 0 Å². The van der Waals surface area contributed by atoms with Crippen LogP contribution in [-0.2, 0) is 7.05 Å². The standard InChI is InChI=1S/C17H21N5O2/c1-10-15(11(2)22(3)21-10)16(23)18-12-4-6-13(7-5-12)19-17(24)20-14-8-9-14/h4-7,14H,8-9H2,1-3H3,(H,18,23)(H2,19,20,24). The van der Waals surface area contributed by atoms with E-state index in [-0.39, 0.29) is 11.9 Å². The molecule has 0 radical (unpaired) electrons. The fourth-order valence-corrected chi connectivity index (χ4v) is 2.51. The smallest absolute Gasteiger partial charge is 0.319 e. The monoisotopic (exact) mass is 327 g/mol. The zero-order valence-electron chi connectivity index (χ0n) is 14.0. The number of urea groups is 1. The van der Waals surface area contributed by atoms with Gasteiger partial charge in [0.25, 0.3) is 5.91 Å². The van der Waals surface area contributed by atoms with E-state index in [1.165, 1.54) is 0 Å². The van der Waals surface area contributed by atoms with Crippen molar-refractivity contribution in [2.24, 2.45) is 7.05 Å². The summed E-state index contributed by atoms with van der Waals surface area (Å²) in [6.07, 6.45) is 2.09. The number of aryl methyl sites for hydroxylation is 2. The van der Waals surface area contributed by atoms with Crippen LogP contribution in [0.2, 0.25) is 0 Å². The van der Waals surface area contributed by atoms with E-state index < -0.39 is 0 Å². The number of carbonyl (C=O) groups excluding carboxylic acids is 2. The molecule has 0 aliphatic heterocycles. The largest absolute Gasteiger partial charge is 0.335 e. The van der Waals surface area contributed by atoms with Gasteiger partial charge in [0.2, 0.25) is 0 Å². The van der Waals surface area contributed by atoms with Crippen LogP contribution >= 0.6 is 0 Å². The van der Waals surface area contributed by atoms with Crippen molar-refractivity contribution in [3.05, 3.63) is 41.2 Å². The summed E-state index contributed by atoms with van der Waals surface area (Å²) >= 11 is 0. The number of nitrogens with one attached hydrogen (secondary N) is 3. The van der Waals surface area contributed by atoms with Gasteiger partial charge in [-0.1, -0.05) is 0 Å². The van der Waals surface area contributed by atoms with Crippen LogP contribution in [0.25, 0.3) is 0 Å². The van der Waals surface area contributed by atoms with Gasteiger partial charge < -0.3 is 16.0 Å². The van der Waals surface area contributed by atoms with Gasteiger partial charge in [-0.3, -0.25) is 9.48 Å². The zero-order chi connectivity index (χ0) is 17.3. The second-order valence-electron chi connectivity index (χ2n) is 6.07. The number of rotatable bonds is 4. The van der Waals surface area contributed by atoms with E-state index in [2.05, 4.69) is 21.0 Å². The van der Waals surface area contributed by atoms with Crippen molar-refractivity contribution in [2.45, 2.75) is 32.7 Å². The Bertz CT molecular complexity index is 775. The minimum atomic E-state index is -0.198. The SMILES string of the molecule is Cc1nn(C)c(C)c1C(=O)Nc1ccc(NC(=O)NC2CC2)cc1. The highest BCUT2D eigenvalue weighted by atomic mass is 16.2. The van der Waals surface area contributed by atoms with E-state index in [1.54, 1.807) is 28.9 Å². The summed E-state index contributed by atoms with van der Waals surface area (Å²) in [4.78, 5) is 24.1. The van der Waals surface area contributed by atoms with Crippen LogP contribution in [-0.4, -0.2) is 27.8 Å². The second kappa shape index (κ2) is 6.35.